The highest BCUT2D eigenvalue weighted by Crippen LogP contribution is 2.30. The number of hydrogen-bond donors (Lipinski definition) is 2. The quantitative estimate of drug-likeness (QED) is 0.462. The van der Waals surface area contributed by atoms with Gasteiger partial charge in [-0.3, -0.25) is 14.3 Å². The zero-order valence-corrected chi connectivity index (χ0v) is 18.6. The van der Waals surface area contributed by atoms with E-state index in [9.17, 15) is 22.4 Å². The molecule has 0 bridgehead atoms. The molecule has 0 spiro atoms. The molecule has 0 saturated heterocycles. The van der Waals surface area contributed by atoms with E-state index in [4.69, 9.17) is 0 Å². The van der Waals surface area contributed by atoms with Crippen molar-refractivity contribution in [2.24, 2.45) is 7.05 Å². The monoisotopic (exact) mass is 472 g/mol. The van der Waals surface area contributed by atoms with Crippen LogP contribution < -0.4 is 15.6 Å². The molecule has 2 aromatic carbocycles. The number of benzene rings is 2. The molecule has 0 aliphatic rings. The van der Waals surface area contributed by atoms with Gasteiger partial charge in [-0.25, -0.2) is 17.8 Å². The molecule has 0 aliphatic heterocycles. The molecular weight excluding hydrogens is 455 g/mol. The molecule has 2 heterocycles. The van der Waals surface area contributed by atoms with Crippen LogP contribution >= 0.6 is 11.3 Å². The van der Waals surface area contributed by atoms with Gasteiger partial charge in [0.1, 0.15) is 10.6 Å². The summed E-state index contributed by atoms with van der Waals surface area (Å²) in [5.41, 5.74) is 0.606. The Hall–Kier alpha value is -3.57. The molecule has 0 unspecified atom stereocenters. The number of carbonyl (C=O) groups is 1. The Bertz CT molecular complexity index is 1510. The third-order valence-electron chi connectivity index (χ3n) is 4.76. The number of aromatic nitrogens is 2. The van der Waals surface area contributed by atoms with Crippen molar-refractivity contribution in [3.05, 3.63) is 81.5 Å². The van der Waals surface area contributed by atoms with Gasteiger partial charge in [0.15, 0.2) is 0 Å². The third-order valence-corrected chi connectivity index (χ3v) is 7.34. The highest BCUT2D eigenvalue weighted by molar-refractivity contribution is 7.92. The number of halogens is 1. The molecular formula is C21H17FN4O4S2. The van der Waals surface area contributed by atoms with Crippen LogP contribution in [0.4, 0.5) is 15.8 Å². The van der Waals surface area contributed by atoms with Crippen molar-refractivity contribution in [2.75, 3.05) is 10.0 Å². The van der Waals surface area contributed by atoms with Gasteiger partial charge in [-0.1, -0.05) is 12.1 Å². The average molecular weight is 473 g/mol. The van der Waals surface area contributed by atoms with Crippen molar-refractivity contribution >= 4 is 48.9 Å². The van der Waals surface area contributed by atoms with Crippen LogP contribution in [0.3, 0.4) is 0 Å². The van der Waals surface area contributed by atoms with Crippen LogP contribution in [-0.2, 0) is 17.1 Å². The first-order valence-electron chi connectivity index (χ1n) is 9.31. The molecule has 164 valence electrons. The fourth-order valence-corrected chi connectivity index (χ4v) is 5.22. The van der Waals surface area contributed by atoms with Crippen LogP contribution in [-0.4, -0.2) is 23.9 Å². The second kappa shape index (κ2) is 8.17. The summed E-state index contributed by atoms with van der Waals surface area (Å²) in [6.07, 6.45) is 1.39. The highest BCUT2D eigenvalue weighted by Gasteiger charge is 2.21. The standard InChI is InChI=1S/C21H17FN4O4S2/c1-12-17-20(23-11-26(2)21(17)28)31-18(12)19(27)24-15-5-3-4-6-16(15)25-32(29,30)14-9-7-13(22)8-10-14/h3-11,25H,1-2H3,(H,24,27). The summed E-state index contributed by atoms with van der Waals surface area (Å²) in [6.45, 7) is 1.67. The number of anilines is 2. The molecule has 0 fully saturated rings. The summed E-state index contributed by atoms with van der Waals surface area (Å²) in [5.74, 6) is -1.05. The summed E-state index contributed by atoms with van der Waals surface area (Å²) >= 11 is 1.08. The van der Waals surface area contributed by atoms with Crippen molar-refractivity contribution in [2.45, 2.75) is 11.8 Å². The molecule has 11 heteroatoms. The Labute approximate surface area is 186 Å². The lowest BCUT2D eigenvalue weighted by Gasteiger charge is -2.13. The fourth-order valence-electron chi connectivity index (χ4n) is 3.10. The first-order valence-corrected chi connectivity index (χ1v) is 11.6. The minimum atomic E-state index is -4.01. The van der Waals surface area contributed by atoms with Gasteiger partial charge in [0.25, 0.3) is 21.5 Å². The van der Waals surface area contributed by atoms with Gasteiger partial charge >= 0.3 is 0 Å². The second-order valence-electron chi connectivity index (χ2n) is 6.96. The summed E-state index contributed by atoms with van der Waals surface area (Å²) in [4.78, 5) is 30.2. The molecule has 0 atom stereocenters. The van der Waals surface area contributed by atoms with Crippen LogP contribution in [0.15, 0.2) is 64.5 Å². The number of thiophene rings is 1. The van der Waals surface area contributed by atoms with Crippen LogP contribution in [0.2, 0.25) is 0 Å². The topological polar surface area (TPSA) is 110 Å². The predicted molar refractivity (Wildman–Crippen MR) is 121 cm³/mol. The second-order valence-corrected chi connectivity index (χ2v) is 9.64. The summed E-state index contributed by atoms with van der Waals surface area (Å²) in [5, 5.41) is 3.06. The molecule has 8 nitrogen and oxygen atoms in total. The fraction of sp³-hybridized carbons (Fsp3) is 0.0952. The summed E-state index contributed by atoms with van der Waals surface area (Å²) in [6, 6.07) is 10.7. The van der Waals surface area contributed by atoms with Gasteiger partial charge in [0.2, 0.25) is 0 Å². The molecule has 4 rings (SSSR count). The van der Waals surface area contributed by atoms with Gasteiger partial charge in [-0.15, -0.1) is 11.3 Å². The minimum Gasteiger partial charge on any atom is -0.319 e. The Balaban J connectivity index is 1.65. The molecule has 4 aromatic rings. The first kappa shape index (κ1) is 21.7. The van der Waals surface area contributed by atoms with Gasteiger partial charge < -0.3 is 9.88 Å². The number of nitrogens with one attached hydrogen (secondary N) is 2. The largest absolute Gasteiger partial charge is 0.319 e. The van der Waals surface area contributed by atoms with Gasteiger partial charge in [-0.05, 0) is 48.9 Å². The highest BCUT2D eigenvalue weighted by atomic mass is 32.2. The van der Waals surface area contributed by atoms with Crippen molar-refractivity contribution in [3.8, 4) is 0 Å². The van der Waals surface area contributed by atoms with E-state index in [2.05, 4.69) is 15.0 Å². The van der Waals surface area contributed by atoms with E-state index in [1.165, 1.54) is 17.0 Å². The molecule has 0 saturated carbocycles. The number of nitrogens with zero attached hydrogens (tertiary/aromatic N) is 2. The number of sulfonamides is 1. The van der Waals surface area contributed by atoms with E-state index < -0.39 is 21.7 Å². The van der Waals surface area contributed by atoms with E-state index >= 15 is 0 Å². The zero-order valence-electron chi connectivity index (χ0n) is 16.9. The van der Waals surface area contributed by atoms with E-state index in [-0.39, 0.29) is 21.8 Å². The van der Waals surface area contributed by atoms with E-state index in [1.807, 2.05) is 0 Å². The van der Waals surface area contributed by atoms with E-state index in [1.54, 1.807) is 32.2 Å². The molecule has 32 heavy (non-hydrogen) atoms. The van der Waals surface area contributed by atoms with Crippen LogP contribution in [0.25, 0.3) is 10.2 Å². The maximum absolute atomic E-state index is 13.1. The number of carbonyl (C=O) groups excluding carboxylic acids is 1. The summed E-state index contributed by atoms with van der Waals surface area (Å²) in [7, 11) is -2.43. The number of fused-ring (bicyclic) bond motifs is 1. The maximum Gasteiger partial charge on any atom is 0.266 e. The van der Waals surface area contributed by atoms with Crippen molar-refractivity contribution in [3.63, 3.8) is 0 Å². The lowest BCUT2D eigenvalue weighted by molar-refractivity contribution is 0.103. The molecule has 2 aromatic heterocycles. The minimum absolute atomic E-state index is 0.123. The van der Waals surface area contributed by atoms with Gasteiger partial charge in [-0.2, -0.15) is 0 Å². The van der Waals surface area contributed by atoms with Gasteiger partial charge in [0, 0.05) is 7.05 Å². The molecule has 0 aliphatic carbocycles. The Morgan fingerprint density at radius 3 is 2.44 bits per heavy atom. The van der Waals surface area contributed by atoms with Crippen molar-refractivity contribution < 1.29 is 17.6 Å². The Kier molecular flexibility index (Phi) is 5.53. The smallest absolute Gasteiger partial charge is 0.266 e. The third kappa shape index (κ3) is 3.99. The van der Waals surface area contributed by atoms with Crippen molar-refractivity contribution in [1.29, 1.82) is 0 Å². The summed E-state index contributed by atoms with van der Waals surface area (Å²) < 4.78 is 42.2. The Morgan fingerprint density at radius 1 is 1.09 bits per heavy atom. The molecule has 0 radical (unpaired) electrons. The van der Waals surface area contributed by atoms with Crippen molar-refractivity contribution in [1.82, 2.24) is 9.55 Å². The molecule has 2 N–H and O–H groups in total. The number of amides is 1. The van der Waals surface area contributed by atoms with Crippen LogP contribution in [0.5, 0.6) is 0 Å². The zero-order chi connectivity index (χ0) is 23.0. The number of rotatable bonds is 5. The SMILES string of the molecule is Cc1c(C(=O)Nc2ccccc2NS(=O)(=O)c2ccc(F)cc2)sc2ncn(C)c(=O)c12. The predicted octanol–water partition coefficient (Wildman–Crippen LogP) is 3.50. The maximum atomic E-state index is 13.1. The lowest BCUT2D eigenvalue weighted by Crippen LogP contribution is -2.18. The Morgan fingerprint density at radius 2 is 1.75 bits per heavy atom. The normalized spacial score (nSPS) is 11.5. The number of hydrogen-bond acceptors (Lipinski definition) is 6. The van der Waals surface area contributed by atoms with E-state index in [0.717, 1.165) is 35.6 Å². The molecule has 1 amide bonds. The number of aryl methyl sites for hydroxylation is 2. The van der Waals surface area contributed by atoms with Crippen LogP contribution in [0.1, 0.15) is 15.2 Å². The number of para-hydroxylation sites is 2. The average Bonchev–Trinajstić information content (AvgIpc) is 3.09. The van der Waals surface area contributed by atoms with Gasteiger partial charge in [0.05, 0.1) is 32.9 Å². The van der Waals surface area contributed by atoms with E-state index in [0.29, 0.717) is 20.7 Å². The van der Waals surface area contributed by atoms with Crippen LogP contribution in [0, 0.1) is 12.7 Å². The first-order chi connectivity index (χ1) is 15.2. The lowest BCUT2D eigenvalue weighted by atomic mass is 10.2.